The molecule has 1 aliphatic rings. The lowest BCUT2D eigenvalue weighted by Gasteiger charge is -2.36. The van der Waals surface area contributed by atoms with Crippen molar-refractivity contribution in [1.29, 1.82) is 0 Å². The van der Waals surface area contributed by atoms with E-state index in [2.05, 4.69) is 49.3 Å². The first-order valence-corrected chi connectivity index (χ1v) is 8.53. The third-order valence-corrected chi connectivity index (χ3v) is 4.35. The van der Waals surface area contributed by atoms with Gasteiger partial charge in [0.15, 0.2) is 11.5 Å². The van der Waals surface area contributed by atoms with Crippen molar-refractivity contribution in [2.75, 3.05) is 51.3 Å². The highest BCUT2D eigenvalue weighted by molar-refractivity contribution is 5.86. The van der Waals surface area contributed by atoms with Crippen molar-refractivity contribution in [1.82, 2.24) is 15.4 Å². The summed E-state index contributed by atoms with van der Waals surface area (Å²) in [4.78, 5) is 16.2. The summed E-state index contributed by atoms with van der Waals surface area (Å²) in [5.74, 6) is 0.153. The molecule has 2 heterocycles. The predicted molar refractivity (Wildman–Crippen MR) is 94.6 cm³/mol. The first kappa shape index (κ1) is 17.4. The lowest BCUT2D eigenvalue weighted by Crippen LogP contribution is -2.48. The van der Waals surface area contributed by atoms with Gasteiger partial charge in [-0.25, -0.2) is 4.79 Å². The average Bonchev–Trinajstić information content (AvgIpc) is 3.15. The smallest absolute Gasteiger partial charge is 0.360 e. The van der Waals surface area contributed by atoms with Crippen LogP contribution in [-0.4, -0.2) is 62.4 Å². The van der Waals surface area contributed by atoms with Gasteiger partial charge in [-0.15, -0.1) is 0 Å². The largest absolute Gasteiger partial charge is 0.464 e. The molecule has 0 atom stereocenters. The topological polar surface area (TPSA) is 70.8 Å². The number of rotatable bonds is 7. The van der Waals surface area contributed by atoms with Gasteiger partial charge >= 0.3 is 5.97 Å². The second-order valence-electron chi connectivity index (χ2n) is 6.01. The van der Waals surface area contributed by atoms with Crippen LogP contribution in [0.15, 0.2) is 40.9 Å². The third kappa shape index (κ3) is 4.80. The Morgan fingerprint density at radius 1 is 1.24 bits per heavy atom. The number of ether oxygens (including phenoxy) is 1. The van der Waals surface area contributed by atoms with Crippen LogP contribution in [0.25, 0.3) is 0 Å². The fourth-order valence-electron chi connectivity index (χ4n) is 2.91. The number of benzene rings is 1. The van der Waals surface area contributed by atoms with E-state index in [4.69, 9.17) is 4.52 Å². The average molecular weight is 344 g/mol. The molecule has 0 bridgehead atoms. The van der Waals surface area contributed by atoms with Crippen molar-refractivity contribution in [2.45, 2.75) is 6.54 Å². The zero-order chi connectivity index (χ0) is 17.5. The number of carbonyl (C=O) groups is 1. The van der Waals surface area contributed by atoms with Gasteiger partial charge in [-0.05, 0) is 12.1 Å². The highest BCUT2D eigenvalue weighted by Gasteiger charge is 2.16. The Bertz CT molecular complexity index is 666. The summed E-state index contributed by atoms with van der Waals surface area (Å²) in [5.41, 5.74) is 1.50. The van der Waals surface area contributed by atoms with Crippen LogP contribution < -0.4 is 10.2 Å². The van der Waals surface area contributed by atoms with E-state index in [9.17, 15) is 4.79 Å². The molecule has 2 aromatic rings. The van der Waals surface area contributed by atoms with Crippen molar-refractivity contribution in [3.63, 3.8) is 0 Å². The van der Waals surface area contributed by atoms with E-state index in [1.54, 1.807) is 6.07 Å². The molecule has 0 aliphatic carbocycles. The SMILES string of the molecule is COC(=O)c1cc(CNCCN2CCN(c3ccccc3)CC2)on1. The van der Waals surface area contributed by atoms with Gasteiger partial charge in [0, 0.05) is 51.0 Å². The number of hydrogen-bond donors (Lipinski definition) is 1. The Kier molecular flexibility index (Phi) is 6.03. The summed E-state index contributed by atoms with van der Waals surface area (Å²) >= 11 is 0. The van der Waals surface area contributed by atoms with Crippen molar-refractivity contribution >= 4 is 11.7 Å². The third-order valence-electron chi connectivity index (χ3n) is 4.35. The maximum Gasteiger partial charge on any atom is 0.360 e. The molecule has 0 amide bonds. The minimum atomic E-state index is -0.480. The van der Waals surface area contributed by atoms with E-state index in [1.807, 2.05) is 6.07 Å². The quantitative estimate of drug-likeness (QED) is 0.601. The number of aromatic nitrogens is 1. The molecule has 1 fully saturated rings. The van der Waals surface area contributed by atoms with Crippen LogP contribution in [0.4, 0.5) is 5.69 Å². The molecule has 134 valence electrons. The molecule has 0 radical (unpaired) electrons. The zero-order valence-corrected chi connectivity index (χ0v) is 14.5. The molecular formula is C18H24N4O3. The Morgan fingerprint density at radius 2 is 2.00 bits per heavy atom. The Hall–Kier alpha value is -2.38. The number of piperazine rings is 1. The van der Waals surface area contributed by atoms with Gasteiger partial charge in [-0.1, -0.05) is 23.4 Å². The first-order chi connectivity index (χ1) is 12.3. The standard InChI is InChI=1S/C18H24N4O3/c1-24-18(23)17-13-16(25-20-17)14-19-7-8-21-9-11-22(12-10-21)15-5-3-2-4-6-15/h2-6,13,19H,7-12,14H2,1H3. The number of para-hydroxylation sites is 1. The first-order valence-electron chi connectivity index (χ1n) is 8.53. The molecule has 3 rings (SSSR count). The van der Waals surface area contributed by atoms with Crippen LogP contribution in [0.5, 0.6) is 0 Å². The number of anilines is 1. The Labute approximate surface area is 147 Å². The Balaban J connectivity index is 1.34. The van der Waals surface area contributed by atoms with Crippen LogP contribution in [-0.2, 0) is 11.3 Å². The number of esters is 1. The molecule has 1 aromatic carbocycles. The van der Waals surface area contributed by atoms with Gasteiger partial charge in [-0.3, -0.25) is 4.90 Å². The second-order valence-corrected chi connectivity index (χ2v) is 6.01. The Morgan fingerprint density at radius 3 is 2.72 bits per heavy atom. The van der Waals surface area contributed by atoms with Crippen molar-refractivity contribution in [3.05, 3.63) is 47.9 Å². The zero-order valence-electron chi connectivity index (χ0n) is 14.5. The minimum Gasteiger partial charge on any atom is -0.464 e. The monoisotopic (exact) mass is 344 g/mol. The fourth-order valence-corrected chi connectivity index (χ4v) is 2.91. The molecule has 1 N–H and O–H groups in total. The number of carbonyl (C=O) groups excluding carboxylic acids is 1. The normalized spacial score (nSPS) is 15.3. The molecule has 7 heteroatoms. The van der Waals surface area contributed by atoms with Crippen LogP contribution in [0.3, 0.4) is 0 Å². The van der Waals surface area contributed by atoms with E-state index in [0.717, 1.165) is 39.3 Å². The summed E-state index contributed by atoms with van der Waals surface area (Å²) < 4.78 is 9.71. The maximum absolute atomic E-state index is 11.3. The fraction of sp³-hybridized carbons (Fsp3) is 0.444. The van der Waals surface area contributed by atoms with Gasteiger partial charge in [0.1, 0.15) is 0 Å². The van der Waals surface area contributed by atoms with E-state index >= 15 is 0 Å². The summed E-state index contributed by atoms with van der Waals surface area (Å²) in [7, 11) is 1.33. The predicted octanol–water partition coefficient (Wildman–Crippen LogP) is 1.37. The van der Waals surface area contributed by atoms with Crippen molar-refractivity contribution < 1.29 is 14.1 Å². The van der Waals surface area contributed by atoms with Gasteiger partial charge in [0.2, 0.25) is 0 Å². The summed E-state index contributed by atoms with van der Waals surface area (Å²) in [6.07, 6.45) is 0. The summed E-state index contributed by atoms with van der Waals surface area (Å²) in [6.45, 7) is 6.62. The number of nitrogens with one attached hydrogen (secondary N) is 1. The summed E-state index contributed by atoms with van der Waals surface area (Å²) in [6, 6.07) is 12.2. The lowest BCUT2D eigenvalue weighted by atomic mass is 10.2. The van der Waals surface area contributed by atoms with Crippen molar-refractivity contribution in [2.24, 2.45) is 0 Å². The molecule has 1 aromatic heterocycles. The lowest BCUT2D eigenvalue weighted by molar-refractivity contribution is 0.0589. The van der Waals surface area contributed by atoms with Gasteiger partial charge in [0.05, 0.1) is 13.7 Å². The van der Waals surface area contributed by atoms with Crippen LogP contribution in [0, 0.1) is 0 Å². The van der Waals surface area contributed by atoms with E-state index in [-0.39, 0.29) is 5.69 Å². The molecule has 1 aliphatic heterocycles. The second kappa shape index (κ2) is 8.64. The van der Waals surface area contributed by atoms with Crippen LogP contribution >= 0.6 is 0 Å². The number of nitrogens with zero attached hydrogens (tertiary/aromatic N) is 3. The minimum absolute atomic E-state index is 0.205. The van der Waals surface area contributed by atoms with Crippen LogP contribution in [0.1, 0.15) is 16.2 Å². The molecule has 1 saturated heterocycles. The van der Waals surface area contributed by atoms with Crippen LogP contribution in [0.2, 0.25) is 0 Å². The number of methoxy groups -OCH3 is 1. The molecular weight excluding hydrogens is 320 g/mol. The van der Waals surface area contributed by atoms with E-state index in [0.29, 0.717) is 12.3 Å². The highest BCUT2D eigenvalue weighted by atomic mass is 16.5. The molecule has 0 spiro atoms. The van der Waals surface area contributed by atoms with Gasteiger partial charge in [0.25, 0.3) is 0 Å². The summed E-state index contributed by atoms with van der Waals surface area (Å²) in [5, 5.41) is 7.01. The highest BCUT2D eigenvalue weighted by Crippen LogP contribution is 2.15. The van der Waals surface area contributed by atoms with E-state index < -0.39 is 5.97 Å². The molecule has 0 saturated carbocycles. The van der Waals surface area contributed by atoms with Gasteiger partial charge in [-0.2, -0.15) is 0 Å². The van der Waals surface area contributed by atoms with Crippen molar-refractivity contribution in [3.8, 4) is 0 Å². The van der Waals surface area contributed by atoms with Gasteiger partial charge < -0.3 is 19.5 Å². The molecule has 25 heavy (non-hydrogen) atoms. The molecule has 0 unspecified atom stereocenters. The molecule has 7 nitrogen and oxygen atoms in total. The number of hydrogen-bond acceptors (Lipinski definition) is 7. The maximum atomic E-state index is 11.3. The van der Waals surface area contributed by atoms with E-state index in [1.165, 1.54) is 12.8 Å².